The highest BCUT2D eigenvalue weighted by molar-refractivity contribution is 6.42. The van der Waals surface area contributed by atoms with E-state index >= 15 is 0 Å². The van der Waals surface area contributed by atoms with Crippen molar-refractivity contribution >= 4 is 58.3 Å². The Morgan fingerprint density at radius 1 is 1.06 bits per heavy atom. The normalized spacial score (nSPS) is 10.2. The van der Waals surface area contributed by atoms with Crippen molar-refractivity contribution in [1.29, 1.82) is 5.26 Å². The zero-order valence-corrected chi connectivity index (χ0v) is 18.7. The highest BCUT2D eigenvalue weighted by atomic mass is 35.5. The number of aryl methyl sites for hydroxylation is 1. The quantitative estimate of drug-likeness (QED) is 0.569. The molecule has 2 aromatic carbocycles. The lowest BCUT2D eigenvalue weighted by molar-refractivity contribution is -0.146. The summed E-state index contributed by atoms with van der Waals surface area (Å²) < 4.78 is 4.97. The molecule has 0 spiro atoms. The van der Waals surface area contributed by atoms with Crippen molar-refractivity contribution in [2.24, 2.45) is 0 Å². The van der Waals surface area contributed by atoms with E-state index in [1.165, 1.54) is 23.1 Å². The summed E-state index contributed by atoms with van der Waals surface area (Å²) in [4.78, 5) is 37.9. The van der Waals surface area contributed by atoms with Gasteiger partial charge in [0, 0.05) is 22.8 Å². The van der Waals surface area contributed by atoms with Crippen molar-refractivity contribution in [1.82, 2.24) is 5.32 Å². The van der Waals surface area contributed by atoms with E-state index in [9.17, 15) is 14.4 Å². The predicted molar refractivity (Wildman–Crippen MR) is 119 cm³/mol. The van der Waals surface area contributed by atoms with Crippen molar-refractivity contribution in [2.75, 3.05) is 24.6 Å². The summed E-state index contributed by atoms with van der Waals surface area (Å²) in [5.74, 6) is -1.86. The predicted octanol–water partition coefficient (Wildman–Crippen LogP) is 4.18. The third-order valence-corrected chi connectivity index (χ3v) is 5.30. The van der Waals surface area contributed by atoms with Crippen LogP contribution in [0.2, 0.25) is 15.1 Å². The molecule has 0 unspecified atom stereocenters. The summed E-state index contributed by atoms with van der Waals surface area (Å²) in [7, 11) is 0. The van der Waals surface area contributed by atoms with Gasteiger partial charge >= 0.3 is 5.97 Å². The molecule has 31 heavy (non-hydrogen) atoms. The minimum Gasteiger partial charge on any atom is -0.454 e. The second kappa shape index (κ2) is 11.6. The maximum Gasteiger partial charge on any atom is 0.325 e. The first-order valence-corrected chi connectivity index (χ1v) is 10.2. The highest BCUT2D eigenvalue weighted by Crippen LogP contribution is 2.23. The Labute approximate surface area is 194 Å². The van der Waals surface area contributed by atoms with E-state index in [2.05, 4.69) is 5.32 Å². The molecule has 0 aliphatic heterocycles. The topological polar surface area (TPSA) is 99.5 Å². The van der Waals surface area contributed by atoms with Crippen LogP contribution in [0.5, 0.6) is 0 Å². The third kappa shape index (κ3) is 7.14. The largest absolute Gasteiger partial charge is 0.454 e. The number of carbonyl (C=O) groups is 3. The van der Waals surface area contributed by atoms with Crippen LogP contribution < -0.4 is 10.2 Å². The van der Waals surface area contributed by atoms with Crippen LogP contribution in [0.25, 0.3) is 0 Å². The molecule has 1 N–H and O–H groups in total. The molecule has 2 rings (SSSR count). The van der Waals surface area contributed by atoms with E-state index in [1.807, 2.05) is 6.07 Å². The molecule has 162 valence electrons. The Kier molecular flexibility index (Phi) is 9.13. The Balaban J connectivity index is 1.92. The number of anilines is 1. The summed E-state index contributed by atoms with van der Waals surface area (Å²) in [5.41, 5.74) is 1.51. The third-order valence-electron chi connectivity index (χ3n) is 4.13. The van der Waals surface area contributed by atoms with E-state index < -0.39 is 30.9 Å². The standard InChI is InChI=1S/C21H18Cl3N3O4/c1-13-9-15(4-6-16(13)22)27(8-2-7-25)19(28)12-31-20(29)11-26-21(30)14-3-5-17(23)18(24)10-14/h3-6,9-10H,2,8,11-12H2,1H3,(H,26,30). The van der Waals surface area contributed by atoms with Gasteiger partial charge in [-0.2, -0.15) is 5.26 Å². The zero-order chi connectivity index (χ0) is 23.0. The smallest absolute Gasteiger partial charge is 0.325 e. The molecule has 0 aliphatic rings. The van der Waals surface area contributed by atoms with Crippen molar-refractivity contribution < 1.29 is 19.1 Å². The fraction of sp³-hybridized carbons (Fsp3) is 0.238. The Bertz CT molecular complexity index is 1040. The maximum absolute atomic E-state index is 12.6. The molecular formula is C21H18Cl3N3O4. The van der Waals surface area contributed by atoms with Crippen molar-refractivity contribution in [3.63, 3.8) is 0 Å². The summed E-state index contributed by atoms with van der Waals surface area (Å²) in [5, 5.41) is 12.3. The highest BCUT2D eigenvalue weighted by Gasteiger charge is 2.19. The van der Waals surface area contributed by atoms with E-state index in [0.29, 0.717) is 15.7 Å². The number of halogens is 3. The van der Waals surface area contributed by atoms with Gasteiger partial charge in [-0.15, -0.1) is 0 Å². The maximum atomic E-state index is 12.6. The Morgan fingerprint density at radius 3 is 2.42 bits per heavy atom. The monoisotopic (exact) mass is 481 g/mol. The van der Waals surface area contributed by atoms with Gasteiger partial charge in [0.25, 0.3) is 11.8 Å². The summed E-state index contributed by atoms with van der Waals surface area (Å²) in [6.07, 6.45) is 0.0983. The first-order valence-electron chi connectivity index (χ1n) is 9.05. The molecule has 0 saturated carbocycles. The van der Waals surface area contributed by atoms with E-state index in [0.717, 1.165) is 5.56 Å². The molecule has 0 aliphatic carbocycles. The van der Waals surface area contributed by atoms with E-state index in [4.69, 9.17) is 44.8 Å². The number of esters is 1. The van der Waals surface area contributed by atoms with Gasteiger partial charge in [0.15, 0.2) is 6.61 Å². The van der Waals surface area contributed by atoms with Crippen LogP contribution in [0.1, 0.15) is 22.3 Å². The average Bonchev–Trinajstić information content (AvgIpc) is 2.75. The Morgan fingerprint density at radius 2 is 1.77 bits per heavy atom. The van der Waals surface area contributed by atoms with Crippen LogP contribution in [0, 0.1) is 18.3 Å². The lowest BCUT2D eigenvalue weighted by atomic mass is 10.2. The number of nitriles is 1. The molecule has 2 amide bonds. The first-order chi connectivity index (χ1) is 14.7. The molecule has 0 heterocycles. The van der Waals surface area contributed by atoms with Crippen LogP contribution in [-0.4, -0.2) is 37.5 Å². The van der Waals surface area contributed by atoms with Gasteiger partial charge < -0.3 is 15.0 Å². The van der Waals surface area contributed by atoms with Gasteiger partial charge in [-0.1, -0.05) is 34.8 Å². The number of amides is 2. The molecule has 0 atom stereocenters. The minimum absolute atomic E-state index is 0.0983. The number of nitrogens with zero attached hydrogens (tertiary/aromatic N) is 2. The minimum atomic E-state index is -0.797. The fourth-order valence-electron chi connectivity index (χ4n) is 2.52. The van der Waals surface area contributed by atoms with Crippen molar-refractivity contribution in [3.8, 4) is 6.07 Å². The molecule has 2 aromatic rings. The molecule has 0 saturated heterocycles. The van der Waals surface area contributed by atoms with Crippen LogP contribution in [0.3, 0.4) is 0 Å². The lowest BCUT2D eigenvalue weighted by Crippen LogP contribution is -2.37. The number of hydrogen-bond donors (Lipinski definition) is 1. The lowest BCUT2D eigenvalue weighted by Gasteiger charge is -2.22. The first kappa shape index (κ1) is 24.5. The van der Waals surface area contributed by atoms with Gasteiger partial charge in [0.1, 0.15) is 6.54 Å². The summed E-state index contributed by atoms with van der Waals surface area (Å²) in [6, 6.07) is 11.3. The van der Waals surface area contributed by atoms with Gasteiger partial charge in [-0.25, -0.2) is 0 Å². The SMILES string of the molecule is Cc1cc(N(CCC#N)C(=O)COC(=O)CNC(=O)c2ccc(Cl)c(Cl)c2)ccc1Cl. The number of ether oxygens (including phenoxy) is 1. The van der Waals surface area contributed by atoms with Gasteiger partial charge in [0.2, 0.25) is 0 Å². The number of benzene rings is 2. The number of hydrogen-bond acceptors (Lipinski definition) is 5. The van der Waals surface area contributed by atoms with E-state index in [1.54, 1.807) is 25.1 Å². The molecule has 0 bridgehead atoms. The van der Waals surface area contributed by atoms with Crippen LogP contribution in [0.4, 0.5) is 5.69 Å². The van der Waals surface area contributed by atoms with E-state index in [-0.39, 0.29) is 23.6 Å². The van der Waals surface area contributed by atoms with Crippen LogP contribution in [0.15, 0.2) is 36.4 Å². The second-order valence-corrected chi connectivity index (χ2v) is 7.58. The van der Waals surface area contributed by atoms with Gasteiger partial charge in [-0.3, -0.25) is 14.4 Å². The number of nitrogens with one attached hydrogen (secondary N) is 1. The molecule has 0 aromatic heterocycles. The summed E-state index contributed by atoms with van der Waals surface area (Å²) >= 11 is 17.7. The van der Waals surface area contributed by atoms with Gasteiger partial charge in [-0.05, 0) is 48.9 Å². The van der Waals surface area contributed by atoms with Crippen molar-refractivity contribution in [2.45, 2.75) is 13.3 Å². The molecular weight excluding hydrogens is 465 g/mol. The molecule has 0 fully saturated rings. The molecule has 0 radical (unpaired) electrons. The second-order valence-electron chi connectivity index (χ2n) is 6.36. The average molecular weight is 483 g/mol. The molecule has 10 heteroatoms. The number of rotatable bonds is 8. The zero-order valence-electron chi connectivity index (χ0n) is 16.5. The molecule has 7 nitrogen and oxygen atoms in total. The fourth-order valence-corrected chi connectivity index (χ4v) is 2.94. The van der Waals surface area contributed by atoms with Crippen LogP contribution in [-0.2, 0) is 14.3 Å². The van der Waals surface area contributed by atoms with Crippen molar-refractivity contribution in [3.05, 3.63) is 62.6 Å². The number of carbonyl (C=O) groups excluding carboxylic acids is 3. The van der Waals surface area contributed by atoms with Crippen LogP contribution >= 0.6 is 34.8 Å². The van der Waals surface area contributed by atoms with Gasteiger partial charge in [0.05, 0.1) is 22.5 Å². The Hall–Kier alpha value is -2.79. The summed E-state index contributed by atoms with van der Waals surface area (Å²) in [6.45, 7) is 0.927.